The molecule has 4 heteroatoms. The molecule has 1 saturated heterocycles. The summed E-state index contributed by atoms with van der Waals surface area (Å²) in [6.07, 6.45) is 6.76. The molecule has 0 saturated carbocycles. The van der Waals surface area contributed by atoms with Crippen LogP contribution in [0.15, 0.2) is 35.8 Å². The molecule has 102 valence electrons. The van der Waals surface area contributed by atoms with Crippen LogP contribution in [0.5, 0.6) is 11.5 Å². The summed E-state index contributed by atoms with van der Waals surface area (Å²) in [5.74, 6) is 2.73. The van der Waals surface area contributed by atoms with Gasteiger partial charge in [-0.3, -0.25) is 4.79 Å². The number of ketones is 1. The minimum atomic E-state index is -0.0657. The van der Waals surface area contributed by atoms with E-state index in [-0.39, 0.29) is 18.5 Å². The van der Waals surface area contributed by atoms with E-state index in [2.05, 4.69) is 0 Å². The van der Waals surface area contributed by atoms with E-state index in [1.165, 1.54) is 0 Å². The Hall–Kier alpha value is -2.23. The predicted octanol–water partition coefficient (Wildman–Crippen LogP) is 3.04. The Labute approximate surface area is 116 Å². The third-order valence-electron chi connectivity index (χ3n) is 3.87. The number of allylic oxidation sites excluding steroid dienone is 3. The maximum absolute atomic E-state index is 12.3. The second-order valence-corrected chi connectivity index (χ2v) is 5.18. The van der Waals surface area contributed by atoms with Crippen molar-refractivity contribution >= 4 is 11.9 Å². The summed E-state index contributed by atoms with van der Waals surface area (Å²) < 4.78 is 16.3. The van der Waals surface area contributed by atoms with E-state index in [0.29, 0.717) is 11.5 Å². The molecule has 0 N–H and O–H groups in total. The molecule has 2 aliphatic heterocycles. The molecule has 3 aliphatic rings. The van der Waals surface area contributed by atoms with Crippen LogP contribution in [0, 0.1) is 5.92 Å². The van der Waals surface area contributed by atoms with Crippen LogP contribution in [0.1, 0.15) is 24.8 Å². The van der Waals surface area contributed by atoms with Crippen LogP contribution >= 0.6 is 0 Å². The van der Waals surface area contributed by atoms with E-state index in [4.69, 9.17) is 14.2 Å². The van der Waals surface area contributed by atoms with Crippen LogP contribution < -0.4 is 9.47 Å². The summed E-state index contributed by atoms with van der Waals surface area (Å²) in [5.41, 5.74) is 0.886. The summed E-state index contributed by atoms with van der Waals surface area (Å²) in [5, 5.41) is 0. The molecular formula is C16H14O4. The highest BCUT2D eigenvalue weighted by Gasteiger charge is 2.37. The Kier molecular flexibility index (Phi) is 2.55. The van der Waals surface area contributed by atoms with Crippen molar-refractivity contribution in [1.29, 1.82) is 0 Å². The molecule has 1 atom stereocenters. The molecule has 0 radical (unpaired) electrons. The molecule has 4 rings (SSSR count). The SMILES string of the molecule is O=C1/C(=C/c2ccc3c(c2)OCO3)OC2=CCCCC12. The third kappa shape index (κ3) is 1.80. The number of hydrogen-bond acceptors (Lipinski definition) is 4. The largest absolute Gasteiger partial charge is 0.457 e. The lowest BCUT2D eigenvalue weighted by Gasteiger charge is -2.11. The van der Waals surface area contributed by atoms with Crippen molar-refractivity contribution in [1.82, 2.24) is 0 Å². The van der Waals surface area contributed by atoms with E-state index in [1.807, 2.05) is 24.3 Å². The molecule has 1 aliphatic carbocycles. The molecule has 2 heterocycles. The Morgan fingerprint density at radius 3 is 3.00 bits per heavy atom. The fraction of sp³-hybridized carbons (Fsp3) is 0.312. The molecule has 1 aromatic rings. The number of Topliss-reactive ketones (excluding diaryl/α,β-unsaturated/α-hetero) is 1. The van der Waals surface area contributed by atoms with Gasteiger partial charge in [0.05, 0.1) is 5.92 Å². The van der Waals surface area contributed by atoms with Gasteiger partial charge in [0.1, 0.15) is 5.76 Å². The molecule has 0 aromatic heterocycles. The topological polar surface area (TPSA) is 44.8 Å². The monoisotopic (exact) mass is 270 g/mol. The summed E-state index contributed by atoms with van der Waals surface area (Å²) in [6, 6.07) is 5.61. The van der Waals surface area contributed by atoms with E-state index in [0.717, 1.165) is 36.3 Å². The molecule has 0 amide bonds. The second-order valence-electron chi connectivity index (χ2n) is 5.18. The van der Waals surface area contributed by atoms with Crippen molar-refractivity contribution in [3.8, 4) is 11.5 Å². The summed E-state index contributed by atoms with van der Waals surface area (Å²) >= 11 is 0. The van der Waals surface area contributed by atoms with Crippen molar-refractivity contribution in [2.24, 2.45) is 5.92 Å². The molecule has 20 heavy (non-hydrogen) atoms. The maximum Gasteiger partial charge on any atom is 0.231 e. The van der Waals surface area contributed by atoms with E-state index < -0.39 is 0 Å². The number of fused-ring (bicyclic) bond motifs is 2. The molecule has 1 fully saturated rings. The van der Waals surface area contributed by atoms with Crippen LogP contribution in [0.25, 0.3) is 6.08 Å². The van der Waals surface area contributed by atoms with Crippen molar-refractivity contribution in [3.63, 3.8) is 0 Å². The number of carbonyl (C=O) groups is 1. The van der Waals surface area contributed by atoms with Crippen LogP contribution in [-0.4, -0.2) is 12.6 Å². The lowest BCUT2D eigenvalue weighted by molar-refractivity contribution is -0.117. The highest BCUT2D eigenvalue weighted by molar-refractivity contribution is 6.03. The van der Waals surface area contributed by atoms with Gasteiger partial charge in [0.25, 0.3) is 0 Å². The fourth-order valence-corrected chi connectivity index (χ4v) is 2.83. The minimum absolute atomic E-state index is 0.0657. The molecule has 4 nitrogen and oxygen atoms in total. The third-order valence-corrected chi connectivity index (χ3v) is 3.87. The first kappa shape index (κ1) is 11.6. The standard InChI is InChI=1S/C16H14O4/c17-16-11-3-1-2-4-12(11)20-15(16)8-10-5-6-13-14(7-10)19-9-18-13/h4-8,11H,1-3,9H2/b15-8-. The van der Waals surface area contributed by atoms with Crippen molar-refractivity contribution in [3.05, 3.63) is 41.4 Å². The zero-order valence-corrected chi connectivity index (χ0v) is 10.9. The van der Waals surface area contributed by atoms with Gasteiger partial charge in [-0.1, -0.05) is 6.07 Å². The lowest BCUT2D eigenvalue weighted by atomic mass is 9.91. The Bertz CT molecular complexity index is 642. The Morgan fingerprint density at radius 2 is 2.10 bits per heavy atom. The summed E-state index contributed by atoms with van der Waals surface area (Å²) in [7, 11) is 0. The van der Waals surface area contributed by atoms with Crippen LogP contribution in [0.4, 0.5) is 0 Å². The summed E-state index contributed by atoms with van der Waals surface area (Å²) in [4.78, 5) is 12.3. The lowest BCUT2D eigenvalue weighted by Crippen LogP contribution is -2.11. The summed E-state index contributed by atoms with van der Waals surface area (Å²) in [6.45, 7) is 0.250. The van der Waals surface area contributed by atoms with Gasteiger partial charge in [0, 0.05) is 0 Å². The first-order chi connectivity index (χ1) is 9.81. The molecule has 0 bridgehead atoms. The normalized spacial score (nSPS) is 25.4. The number of rotatable bonds is 1. The molecule has 1 unspecified atom stereocenters. The van der Waals surface area contributed by atoms with Gasteiger partial charge in [-0.15, -0.1) is 0 Å². The second kappa shape index (κ2) is 4.40. The quantitative estimate of drug-likeness (QED) is 0.736. The molecule has 1 aromatic carbocycles. The number of carbonyl (C=O) groups excluding carboxylic acids is 1. The van der Waals surface area contributed by atoms with E-state index >= 15 is 0 Å². The maximum atomic E-state index is 12.3. The average molecular weight is 270 g/mol. The van der Waals surface area contributed by atoms with Crippen LogP contribution in [-0.2, 0) is 9.53 Å². The van der Waals surface area contributed by atoms with Gasteiger partial charge < -0.3 is 14.2 Å². The van der Waals surface area contributed by atoms with Crippen molar-refractivity contribution < 1.29 is 19.0 Å². The Balaban J connectivity index is 1.66. The van der Waals surface area contributed by atoms with Crippen LogP contribution in [0.2, 0.25) is 0 Å². The van der Waals surface area contributed by atoms with Gasteiger partial charge in [-0.2, -0.15) is 0 Å². The molecular weight excluding hydrogens is 256 g/mol. The highest BCUT2D eigenvalue weighted by atomic mass is 16.7. The minimum Gasteiger partial charge on any atom is -0.457 e. The van der Waals surface area contributed by atoms with Gasteiger partial charge in [0.15, 0.2) is 17.3 Å². The first-order valence-electron chi connectivity index (χ1n) is 6.85. The Morgan fingerprint density at radius 1 is 1.20 bits per heavy atom. The first-order valence-corrected chi connectivity index (χ1v) is 6.85. The smallest absolute Gasteiger partial charge is 0.231 e. The zero-order valence-electron chi connectivity index (χ0n) is 10.9. The average Bonchev–Trinajstić information content (AvgIpc) is 3.05. The van der Waals surface area contributed by atoms with Crippen molar-refractivity contribution in [2.75, 3.05) is 6.79 Å². The van der Waals surface area contributed by atoms with Gasteiger partial charge in [0.2, 0.25) is 12.6 Å². The zero-order chi connectivity index (χ0) is 13.5. The number of ether oxygens (including phenoxy) is 3. The van der Waals surface area contributed by atoms with Gasteiger partial charge in [-0.05, 0) is 49.1 Å². The van der Waals surface area contributed by atoms with Crippen LogP contribution in [0.3, 0.4) is 0 Å². The molecule has 0 spiro atoms. The van der Waals surface area contributed by atoms with E-state index in [9.17, 15) is 4.79 Å². The van der Waals surface area contributed by atoms with Gasteiger partial charge >= 0.3 is 0 Å². The highest BCUT2D eigenvalue weighted by Crippen LogP contribution is 2.38. The fourth-order valence-electron chi connectivity index (χ4n) is 2.83. The number of hydrogen-bond donors (Lipinski definition) is 0. The van der Waals surface area contributed by atoms with Crippen molar-refractivity contribution in [2.45, 2.75) is 19.3 Å². The van der Waals surface area contributed by atoms with E-state index in [1.54, 1.807) is 6.08 Å². The number of benzene rings is 1. The van der Waals surface area contributed by atoms with Gasteiger partial charge in [-0.25, -0.2) is 0 Å². The predicted molar refractivity (Wildman–Crippen MR) is 72.1 cm³/mol.